The van der Waals surface area contributed by atoms with Crippen LogP contribution in [-0.2, 0) is 20.0 Å². The molecule has 1 N–H and O–H groups in total. The first kappa shape index (κ1) is 21.6. The van der Waals surface area contributed by atoms with Crippen molar-refractivity contribution in [2.45, 2.75) is 16.7 Å². The summed E-state index contributed by atoms with van der Waals surface area (Å²) in [5, 5.41) is 10.7. The summed E-state index contributed by atoms with van der Waals surface area (Å²) in [5.41, 5.74) is -0.249. The van der Waals surface area contributed by atoms with Gasteiger partial charge >= 0.3 is 0 Å². The van der Waals surface area contributed by atoms with Gasteiger partial charge in [-0.3, -0.25) is 14.8 Å². The number of nitrogens with one attached hydrogen (secondary N) is 1. The molecule has 2 rings (SSSR count). The second kappa shape index (κ2) is 8.12. The number of hydrogen-bond donors (Lipinski definition) is 1. The topological polar surface area (TPSA) is 136 Å². The van der Waals surface area contributed by atoms with E-state index in [1.54, 1.807) is 6.92 Å². The van der Waals surface area contributed by atoms with Gasteiger partial charge in [-0.1, -0.05) is 0 Å². The number of nitro benzene ring substituents is 1. The first-order chi connectivity index (χ1) is 13.0. The van der Waals surface area contributed by atoms with Crippen LogP contribution in [0.5, 0.6) is 5.75 Å². The average molecular weight is 429 g/mol. The molecule has 0 aromatic heterocycles. The number of anilines is 1. The zero-order valence-corrected chi connectivity index (χ0v) is 17.0. The van der Waals surface area contributed by atoms with Crippen LogP contribution in [-0.4, -0.2) is 46.8 Å². The molecule has 0 atom stereocenters. The van der Waals surface area contributed by atoms with Crippen molar-refractivity contribution in [1.82, 2.24) is 4.31 Å². The van der Waals surface area contributed by atoms with Gasteiger partial charge in [-0.15, -0.1) is 0 Å². The third kappa shape index (κ3) is 4.58. The number of sulfonamides is 2. The van der Waals surface area contributed by atoms with Gasteiger partial charge in [-0.05, 0) is 37.3 Å². The monoisotopic (exact) mass is 429 g/mol. The normalized spacial score (nSPS) is 12.0. The zero-order chi connectivity index (χ0) is 21.1. The standard InChI is InChI=1S/C16H19N3O7S2/c1-4-26-15-10-5-12(11-16(15)28(24,25)18(2)3)17-27(22,23)14-8-6-13(7-9-14)19(20)21/h5-11,17H,4H2,1-3H3. The van der Waals surface area contributed by atoms with Crippen molar-refractivity contribution in [1.29, 1.82) is 0 Å². The van der Waals surface area contributed by atoms with Crippen LogP contribution in [0, 0.1) is 10.1 Å². The average Bonchev–Trinajstić information content (AvgIpc) is 2.62. The van der Waals surface area contributed by atoms with Crippen LogP contribution in [0.1, 0.15) is 6.92 Å². The lowest BCUT2D eigenvalue weighted by atomic mass is 10.3. The highest BCUT2D eigenvalue weighted by Gasteiger charge is 2.24. The quantitative estimate of drug-likeness (QED) is 0.501. The maximum atomic E-state index is 12.5. The van der Waals surface area contributed by atoms with Crippen molar-refractivity contribution < 1.29 is 26.5 Å². The summed E-state index contributed by atoms with van der Waals surface area (Å²) >= 11 is 0. The Balaban J connectivity index is 2.44. The fourth-order valence-electron chi connectivity index (χ4n) is 2.21. The van der Waals surface area contributed by atoms with Crippen LogP contribution in [0.3, 0.4) is 0 Å². The number of non-ortho nitro benzene ring substituents is 1. The largest absolute Gasteiger partial charge is 0.492 e. The summed E-state index contributed by atoms with van der Waals surface area (Å²) in [6, 6.07) is 8.18. The summed E-state index contributed by atoms with van der Waals surface area (Å²) in [5.74, 6) is 0.0921. The van der Waals surface area contributed by atoms with Gasteiger partial charge in [0.15, 0.2) is 0 Å². The highest BCUT2D eigenvalue weighted by atomic mass is 32.2. The Hall–Kier alpha value is -2.70. The molecule has 0 radical (unpaired) electrons. The van der Waals surface area contributed by atoms with E-state index in [-0.39, 0.29) is 33.5 Å². The highest BCUT2D eigenvalue weighted by molar-refractivity contribution is 7.92. The Morgan fingerprint density at radius 3 is 2.18 bits per heavy atom. The van der Waals surface area contributed by atoms with Crippen LogP contribution in [0.25, 0.3) is 0 Å². The fraction of sp³-hybridized carbons (Fsp3) is 0.250. The molecule has 0 saturated carbocycles. The summed E-state index contributed by atoms with van der Waals surface area (Å²) in [6.07, 6.45) is 0. The van der Waals surface area contributed by atoms with Gasteiger partial charge in [0.25, 0.3) is 15.7 Å². The van der Waals surface area contributed by atoms with E-state index in [2.05, 4.69) is 4.72 Å². The van der Waals surface area contributed by atoms with Crippen LogP contribution < -0.4 is 9.46 Å². The van der Waals surface area contributed by atoms with E-state index in [9.17, 15) is 26.9 Å². The molecule has 0 unspecified atom stereocenters. The number of ether oxygens (including phenoxy) is 1. The molecule has 10 nitrogen and oxygen atoms in total. The number of benzene rings is 2. The van der Waals surface area contributed by atoms with Crippen LogP contribution in [0.2, 0.25) is 0 Å². The number of nitrogens with zero attached hydrogens (tertiary/aromatic N) is 2. The van der Waals surface area contributed by atoms with Crippen molar-refractivity contribution in [2.24, 2.45) is 0 Å². The Bertz CT molecular complexity index is 1080. The van der Waals surface area contributed by atoms with E-state index >= 15 is 0 Å². The van der Waals surface area contributed by atoms with E-state index in [0.29, 0.717) is 0 Å². The second-order valence-corrected chi connectivity index (χ2v) is 9.54. The van der Waals surface area contributed by atoms with Gasteiger partial charge in [-0.2, -0.15) is 0 Å². The summed E-state index contributed by atoms with van der Waals surface area (Å²) in [4.78, 5) is 9.65. The van der Waals surface area contributed by atoms with Crippen molar-refractivity contribution >= 4 is 31.4 Å². The molecule has 0 aliphatic heterocycles. The van der Waals surface area contributed by atoms with Gasteiger partial charge in [-0.25, -0.2) is 21.1 Å². The van der Waals surface area contributed by atoms with Crippen molar-refractivity contribution in [3.05, 3.63) is 52.6 Å². The molecular weight excluding hydrogens is 410 g/mol. The van der Waals surface area contributed by atoms with Gasteiger partial charge in [0.1, 0.15) is 10.6 Å². The molecule has 0 spiro atoms. The lowest BCUT2D eigenvalue weighted by Crippen LogP contribution is -2.23. The molecule has 0 bridgehead atoms. The van der Waals surface area contributed by atoms with E-state index in [1.807, 2.05) is 0 Å². The molecule has 28 heavy (non-hydrogen) atoms. The lowest BCUT2D eigenvalue weighted by Gasteiger charge is -2.17. The SMILES string of the molecule is CCOc1ccc(NS(=O)(=O)c2ccc([N+](=O)[O-])cc2)cc1S(=O)(=O)N(C)C. The van der Waals surface area contributed by atoms with Gasteiger partial charge in [0.2, 0.25) is 10.0 Å². The number of hydrogen-bond acceptors (Lipinski definition) is 7. The molecule has 0 heterocycles. The smallest absolute Gasteiger partial charge is 0.269 e. The number of rotatable bonds is 8. The predicted octanol–water partition coefficient (Wildman–Crippen LogP) is 2.04. The third-order valence-electron chi connectivity index (χ3n) is 3.61. The van der Waals surface area contributed by atoms with Crippen molar-refractivity contribution in [3.63, 3.8) is 0 Å². The molecule has 2 aromatic rings. The third-order valence-corrected chi connectivity index (χ3v) is 6.85. The molecule has 152 valence electrons. The number of nitro groups is 1. The highest BCUT2D eigenvalue weighted by Crippen LogP contribution is 2.30. The molecule has 2 aromatic carbocycles. The molecule has 0 fully saturated rings. The Labute approximate surface area is 163 Å². The van der Waals surface area contributed by atoms with E-state index in [1.165, 1.54) is 26.2 Å². The Morgan fingerprint density at radius 1 is 1.07 bits per heavy atom. The fourth-order valence-corrected chi connectivity index (χ4v) is 4.31. The molecule has 0 aliphatic rings. The minimum absolute atomic E-state index is 0.00207. The van der Waals surface area contributed by atoms with Crippen molar-refractivity contribution in [2.75, 3.05) is 25.4 Å². The predicted molar refractivity (Wildman–Crippen MR) is 102 cm³/mol. The molecular formula is C16H19N3O7S2. The first-order valence-electron chi connectivity index (χ1n) is 7.95. The minimum Gasteiger partial charge on any atom is -0.492 e. The van der Waals surface area contributed by atoms with E-state index < -0.39 is 25.0 Å². The van der Waals surface area contributed by atoms with E-state index in [0.717, 1.165) is 34.6 Å². The lowest BCUT2D eigenvalue weighted by molar-refractivity contribution is -0.384. The van der Waals surface area contributed by atoms with Gasteiger partial charge in [0, 0.05) is 26.2 Å². The molecule has 0 aliphatic carbocycles. The van der Waals surface area contributed by atoms with Crippen LogP contribution in [0.15, 0.2) is 52.3 Å². The van der Waals surface area contributed by atoms with Gasteiger partial charge in [0.05, 0.1) is 22.1 Å². The van der Waals surface area contributed by atoms with Gasteiger partial charge < -0.3 is 4.74 Å². The zero-order valence-electron chi connectivity index (χ0n) is 15.3. The maximum Gasteiger partial charge on any atom is 0.269 e. The van der Waals surface area contributed by atoms with E-state index in [4.69, 9.17) is 4.74 Å². The summed E-state index contributed by atoms with van der Waals surface area (Å²) < 4.78 is 58.7. The van der Waals surface area contributed by atoms with Crippen LogP contribution >= 0.6 is 0 Å². The maximum absolute atomic E-state index is 12.5. The molecule has 0 amide bonds. The molecule has 0 saturated heterocycles. The van der Waals surface area contributed by atoms with Crippen molar-refractivity contribution in [3.8, 4) is 5.75 Å². The summed E-state index contributed by atoms with van der Waals surface area (Å²) in [7, 11) is -5.28. The Kier molecular flexibility index (Phi) is 6.27. The van der Waals surface area contributed by atoms with Crippen LogP contribution in [0.4, 0.5) is 11.4 Å². The summed E-state index contributed by atoms with van der Waals surface area (Å²) in [6.45, 7) is 1.92. The molecule has 12 heteroatoms. The first-order valence-corrected chi connectivity index (χ1v) is 10.9. The minimum atomic E-state index is -4.09. The second-order valence-electron chi connectivity index (χ2n) is 5.74. The Morgan fingerprint density at radius 2 is 1.68 bits per heavy atom.